The number of benzene rings is 2. The topological polar surface area (TPSA) is 93.5 Å². The molecule has 0 aromatic heterocycles. The maximum Gasteiger partial charge on any atom is 0.294 e. The number of thiocarbonyl (C=S) groups is 1. The molecule has 28 heavy (non-hydrogen) atoms. The number of amides is 1. The fraction of sp³-hybridized carbons (Fsp3) is 0.0667. The summed E-state index contributed by atoms with van der Waals surface area (Å²) in [4.78, 5) is 22.2. The van der Waals surface area contributed by atoms with Gasteiger partial charge in [-0.25, -0.2) is 8.78 Å². The summed E-state index contributed by atoms with van der Waals surface area (Å²) < 4.78 is 59.5. The molecule has 13 heteroatoms. The first kappa shape index (κ1) is 21.3. The molecular weight excluding hydrogens is 430 g/mol. The van der Waals surface area contributed by atoms with Gasteiger partial charge in [-0.15, -0.1) is 0 Å². The van der Waals surface area contributed by atoms with Crippen molar-refractivity contribution in [2.24, 2.45) is 0 Å². The number of hydrogen-bond donors (Lipinski definition) is 2. The zero-order valence-electron chi connectivity index (χ0n) is 13.6. The predicted molar refractivity (Wildman–Crippen MR) is 94.6 cm³/mol. The summed E-state index contributed by atoms with van der Waals surface area (Å²) >= 11 is 10.4. The van der Waals surface area contributed by atoms with Gasteiger partial charge in [0.05, 0.1) is 12.0 Å². The Morgan fingerprint density at radius 1 is 1.18 bits per heavy atom. The predicted octanol–water partition coefficient (Wildman–Crippen LogP) is 3.94. The van der Waals surface area contributed by atoms with Crippen LogP contribution in [0.25, 0.3) is 0 Å². The van der Waals surface area contributed by atoms with Crippen LogP contribution in [-0.4, -0.2) is 23.1 Å². The van der Waals surface area contributed by atoms with Gasteiger partial charge in [-0.2, -0.15) is 8.78 Å². The Hall–Kier alpha value is -2.99. The molecule has 2 aromatic carbocycles. The lowest BCUT2D eigenvalue weighted by molar-refractivity contribution is -0.383. The first-order chi connectivity index (χ1) is 13.1. The largest absolute Gasteiger partial charge is 0.491 e. The second-order valence-electron chi connectivity index (χ2n) is 4.99. The molecular formula is C15H8ClF4N3O4S. The van der Waals surface area contributed by atoms with Crippen molar-refractivity contribution in [3.05, 3.63) is 62.2 Å². The van der Waals surface area contributed by atoms with E-state index in [1.807, 2.05) is 0 Å². The average Bonchev–Trinajstić information content (AvgIpc) is 2.62. The lowest BCUT2D eigenvalue weighted by Gasteiger charge is -2.13. The van der Waals surface area contributed by atoms with Crippen molar-refractivity contribution in [3.63, 3.8) is 0 Å². The number of nitro groups is 1. The van der Waals surface area contributed by atoms with Crippen LogP contribution in [0.2, 0.25) is 5.02 Å². The van der Waals surface area contributed by atoms with Gasteiger partial charge in [-0.1, -0.05) is 11.6 Å². The zero-order chi connectivity index (χ0) is 21.2. The number of ether oxygens (including phenoxy) is 1. The van der Waals surface area contributed by atoms with Crippen LogP contribution in [-0.2, 0) is 0 Å². The first-order valence-corrected chi connectivity index (χ1v) is 7.83. The molecule has 2 aromatic rings. The van der Waals surface area contributed by atoms with Crippen LogP contribution < -0.4 is 15.4 Å². The Labute approximate surface area is 164 Å². The summed E-state index contributed by atoms with van der Waals surface area (Å²) in [5, 5.41) is 14.4. The van der Waals surface area contributed by atoms with E-state index < -0.39 is 56.2 Å². The highest BCUT2D eigenvalue weighted by atomic mass is 35.5. The minimum atomic E-state index is -2.01. The summed E-state index contributed by atoms with van der Waals surface area (Å²) in [6.45, 7) is 0. The van der Waals surface area contributed by atoms with Crippen molar-refractivity contribution in [1.29, 1.82) is 0 Å². The van der Waals surface area contributed by atoms with Gasteiger partial charge in [0, 0.05) is 11.1 Å². The van der Waals surface area contributed by atoms with Crippen molar-refractivity contribution < 1.29 is 32.0 Å². The summed E-state index contributed by atoms with van der Waals surface area (Å²) in [6, 6.07) is 3.42. The fourth-order valence-electron chi connectivity index (χ4n) is 2.07. The molecule has 0 atom stereocenters. The molecule has 0 saturated heterocycles. The Morgan fingerprint density at radius 2 is 1.75 bits per heavy atom. The number of nitro benzene ring substituents is 1. The number of halogens is 5. The van der Waals surface area contributed by atoms with Gasteiger partial charge in [0.1, 0.15) is 11.3 Å². The van der Waals surface area contributed by atoms with Gasteiger partial charge in [-0.05, 0) is 24.4 Å². The number of nitrogens with zero attached hydrogens (tertiary/aromatic N) is 1. The van der Waals surface area contributed by atoms with E-state index in [1.165, 1.54) is 6.07 Å². The van der Waals surface area contributed by atoms with Crippen molar-refractivity contribution >= 4 is 46.2 Å². The number of rotatable bonds is 4. The van der Waals surface area contributed by atoms with Gasteiger partial charge in [-0.3, -0.25) is 20.2 Å². The standard InChI is InChI=1S/C15H8ClF4N3O4S/c1-27-13-11(19)9(17)8(10(18)12(13)20)14(24)22-15(28)21-6-3-2-5(16)4-7(6)23(25)26/h2-4H,1H3,(H2,21,22,24,28). The van der Waals surface area contributed by atoms with E-state index in [2.05, 4.69) is 10.1 Å². The van der Waals surface area contributed by atoms with Gasteiger partial charge in [0.15, 0.2) is 22.5 Å². The SMILES string of the molecule is COc1c(F)c(F)c(C(=O)NC(=S)Nc2ccc(Cl)cc2[N+](=O)[O-])c(F)c1F. The second-order valence-corrected chi connectivity index (χ2v) is 5.84. The number of anilines is 1. The van der Waals surface area contributed by atoms with Crippen LogP contribution in [0.3, 0.4) is 0 Å². The summed E-state index contributed by atoms with van der Waals surface area (Å²) in [5.41, 5.74) is -2.30. The van der Waals surface area contributed by atoms with Gasteiger partial charge in [0.2, 0.25) is 11.6 Å². The van der Waals surface area contributed by atoms with Crippen LogP contribution in [0.5, 0.6) is 5.75 Å². The van der Waals surface area contributed by atoms with Crippen LogP contribution in [0.4, 0.5) is 28.9 Å². The number of carbonyl (C=O) groups excluding carboxylic acids is 1. The molecule has 0 aliphatic rings. The molecule has 148 valence electrons. The van der Waals surface area contributed by atoms with Gasteiger partial charge >= 0.3 is 0 Å². The third-order valence-corrected chi connectivity index (χ3v) is 3.73. The molecule has 0 radical (unpaired) electrons. The summed E-state index contributed by atoms with van der Waals surface area (Å²) in [7, 11) is 0.776. The molecule has 0 spiro atoms. The molecule has 0 fully saturated rings. The quantitative estimate of drug-likeness (QED) is 0.247. The minimum absolute atomic E-state index is 0.0422. The van der Waals surface area contributed by atoms with E-state index in [1.54, 1.807) is 5.32 Å². The number of methoxy groups -OCH3 is 1. The fourth-order valence-corrected chi connectivity index (χ4v) is 2.44. The molecule has 7 nitrogen and oxygen atoms in total. The summed E-state index contributed by atoms with van der Waals surface area (Å²) in [5.74, 6) is -10.8. The molecule has 2 N–H and O–H groups in total. The van der Waals surface area contributed by atoms with E-state index in [4.69, 9.17) is 23.8 Å². The maximum absolute atomic E-state index is 13.9. The van der Waals surface area contributed by atoms with Crippen LogP contribution in [0.1, 0.15) is 10.4 Å². The van der Waals surface area contributed by atoms with E-state index in [-0.39, 0.29) is 10.7 Å². The number of nitrogens with one attached hydrogen (secondary N) is 2. The smallest absolute Gasteiger partial charge is 0.294 e. The van der Waals surface area contributed by atoms with Gasteiger partial charge < -0.3 is 10.1 Å². The Bertz CT molecular complexity index is 977. The zero-order valence-corrected chi connectivity index (χ0v) is 15.2. The normalized spacial score (nSPS) is 10.4. The van der Waals surface area contributed by atoms with Crippen LogP contribution in [0.15, 0.2) is 18.2 Å². The van der Waals surface area contributed by atoms with Crippen molar-refractivity contribution in [3.8, 4) is 5.75 Å². The molecule has 1 amide bonds. The third-order valence-electron chi connectivity index (χ3n) is 3.29. The minimum Gasteiger partial charge on any atom is -0.491 e. The Kier molecular flexibility index (Phi) is 6.36. The highest BCUT2D eigenvalue weighted by Crippen LogP contribution is 2.30. The Morgan fingerprint density at radius 3 is 2.25 bits per heavy atom. The van der Waals surface area contributed by atoms with E-state index in [0.717, 1.165) is 19.2 Å². The molecule has 0 aliphatic heterocycles. The highest BCUT2D eigenvalue weighted by Gasteiger charge is 2.30. The lowest BCUT2D eigenvalue weighted by Crippen LogP contribution is -2.35. The van der Waals surface area contributed by atoms with Crippen molar-refractivity contribution in [2.75, 3.05) is 12.4 Å². The summed E-state index contributed by atoms with van der Waals surface area (Å²) in [6.07, 6.45) is 0. The average molecular weight is 438 g/mol. The molecule has 0 bridgehead atoms. The van der Waals surface area contributed by atoms with E-state index >= 15 is 0 Å². The van der Waals surface area contributed by atoms with Crippen molar-refractivity contribution in [2.45, 2.75) is 0 Å². The molecule has 0 heterocycles. The van der Waals surface area contributed by atoms with Crippen LogP contribution >= 0.6 is 23.8 Å². The van der Waals surface area contributed by atoms with Crippen molar-refractivity contribution in [1.82, 2.24) is 5.32 Å². The maximum atomic E-state index is 13.9. The van der Waals surface area contributed by atoms with Gasteiger partial charge in [0.25, 0.3) is 11.6 Å². The van der Waals surface area contributed by atoms with E-state index in [9.17, 15) is 32.5 Å². The first-order valence-electron chi connectivity index (χ1n) is 7.04. The van der Waals surface area contributed by atoms with Crippen LogP contribution in [0, 0.1) is 33.4 Å². The molecule has 0 unspecified atom stereocenters. The highest BCUT2D eigenvalue weighted by molar-refractivity contribution is 7.80. The number of carbonyl (C=O) groups is 1. The van der Waals surface area contributed by atoms with E-state index in [0.29, 0.717) is 0 Å². The lowest BCUT2D eigenvalue weighted by atomic mass is 10.1. The Balaban J connectivity index is 2.30. The number of hydrogen-bond acceptors (Lipinski definition) is 5. The second kappa shape index (κ2) is 8.35. The molecule has 0 aliphatic carbocycles. The molecule has 2 rings (SSSR count). The monoisotopic (exact) mass is 437 g/mol. The molecule has 0 saturated carbocycles. The third kappa shape index (κ3) is 4.12.